The summed E-state index contributed by atoms with van der Waals surface area (Å²) in [6.07, 6.45) is 1.15. The molecule has 4 rings (SSSR count). The van der Waals surface area contributed by atoms with Gasteiger partial charge in [0.1, 0.15) is 5.75 Å². The van der Waals surface area contributed by atoms with Crippen molar-refractivity contribution in [3.63, 3.8) is 0 Å². The van der Waals surface area contributed by atoms with Gasteiger partial charge in [0.25, 0.3) is 0 Å². The van der Waals surface area contributed by atoms with E-state index in [4.69, 9.17) is 4.74 Å². The minimum atomic E-state index is -0.481. The second-order valence-corrected chi connectivity index (χ2v) is 8.41. The predicted molar refractivity (Wildman–Crippen MR) is 122 cm³/mol. The summed E-state index contributed by atoms with van der Waals surface area (Å²) in [5, 5.41) is 13.2. The summed E-state index contributed by atoms with van der Waals surface area (Å²) in [5.74, 6) is 0.213. The molecule has 5 nitrogen and oxygen atoms in total. The molecule has 0 bridgehead atoms. The number of anilines is 1. The molecule has 0 aromatic heterocycles. The van der Waals surface area contributed by atoms with E-state index >= 15 is 0 Å². The minimum Gasteiger partial charge on any atom is -0.497 e. The van der Waals surface area contributed by atoms with Crippen LogP contribution < -0.4 is 15.0 Å². The van der Waals surface area contributed by atoms with Crippen molar-refractivity contribution in [2.24, 2.45) is 5.92 Å². The van der Waals surface area contributed by atoms with Gasteiger partial charge in [0.05, 0.1) is 19.1 Å². The Morgan fingerprint density at radius 2 is 1.71 bits per heavy atom. The third-order valence-corrected chi connectivity index (χ3v) is 6.33. The molecule has 0 fully saturated rings. The van der Waals surface area contributed by atoms with Crippen molar-refractivity contribution in [1.82, 2.24) is 5.32 Å². The lowest BCUT2D eigenvalue weighted by molar-refractivity contribution is -0.116. The van der Waals surface area contributed by atoms with E-state index in [0.717, 1.165) is 40.3 Å². The summed E-state index contributed by atoms with van der Waals surface area (Å²) in [4.78, 5) is 15.4. The first-order valence-electron chi connectivity index (χ1n) is 10.5. The van der Waals surface area contributed by atoms with Crippen LogP contribution in [0.5, 0.6) is 5.75 Å². The number of hydrogen-bond donors (Lipinski definition) is 1. The van der Waals surface area contributed by atoms with Gasteiger partial charge < -0.3 is 15.0 Å². The molecule has 0 radical (unpaired) electrons. The number of nitriles is 1. The first-order chi connectivity index (χ1) is 14.9. The Balaban J connectivity index is 1.72. The molecule has 1 aliphatic carbocycles. The monoisotopic (exact) mass is 413 g/mol. The lowest BCUT2D eigenvalue weighted by atomic mass is 9.69. The number of ketones is 1. The van der Waals surface area contributed by atoms with Crippen molar-refractivity contribution in [2.45, 2.75) is 24.7 Å². The zero-order valence-electron chi connectivity index (χ0n) is 18.2. The van der Waals surface area contributed by atoms with E-state index in [1.165, 1.54) is 0 Å². The molecule has 2 aromatic rings. The molecule has 0 amide bonds. The summed E-state index contributed by atoms with van der Waals surface area (Å²) >= 11 is 0. The molecule has 31 heavy (non-hydrogen) atoms. The fraction of sp³-hybridized carbons (Fsp3) is 0.308. The van der Waals surface area contributed by atoms with Crippen molar-refractivity contribution in [3.05, 3.63) is 83.2 Å². The quantitative estimate of drug-likeness (QED) is 0.799. The Hall–Kier alpha value is -3.52. The first-order valence-corrected chi connectivity index (χ1v) is 10.5. The molecule has 0 saturated heterocycles. The van der Waals surface area contributed by atoms with Crippen molar-refractivity contribution < 1.29 is 9.53 Å². The fourth-order valence-corrected chi connectivity index (χ4v) is 4.65. The largest absolute Gasteiger partial charge is 0.497 e. The number of Topliss-reactive ketones (excluding diaryl/α,β-unsaturated/α-hetero) is 1. The highest BCUT2D eigenvalue weighted by Crippen LogP contribution is 2.46. The lowest BCUT2D eigenvalue weighted by Gasteiger charge is -2.38. The van der Waals surface area contributed by atoms with Gasteiger partial charge in [0.2, 0.25) is 0 Å². The Bertz CT molecular complexity index is 1080. The highest BCUT2D eigenvalue weighted by Gasteiger charge is 2.42. The maximum Gasteiger partial charge on any atom is 0.161 e. The van der Waals surface area contributed by atoms with Crippen molar-refractivity contribution in [2.75, 3.05) is 26.1 Å². The molecule has 3 atom stereocenters. The van der Waals surface area contributed by atoms with Crippen molar-refractivity contribution in [1.29, 1.82) is 5.26 Å². The smallest absolute Gasteiger partial charge is 0.161 e. The van der Waals surface area contributed by atoms with Crippen LogP contribution >= 0.6 is 0 Å². The molecule has 5 heteroatoms. The number of hydrogen-bond acceptors (Lipinski definition) is 5. The van der Waals surface area contributed by atoms with Crippen LogP contribution in [0, 0.1) is 17.2 Å². The molecule has 2 aromatic carbocycles. The Morgan fingerprint density at radius 3 is 2.29 bits per heavy atom. The van der Waals surface area contributed by atoms with E-state index in [1.54, 1.807) is 7.11 Å². The SMILES string of the molecule is C=C1NC2=C(C(=O)CC(c3ccc(OC)cc3)C2)C(c2ccc(N(C)C)cc2)C1C#N. The Labute approximate surface area is 183 Å². The number of carbonyl (C=O) groups is 1. The van der Waals surface area contributed by atoms with E-state index in [1.807, 2.05) is 67.5 Å². The standard InChI is InChI=1S/C26H27N3O2/c1-16-22(15-27)25(18-5-9-20(10-6-18)29(2)3)26-23(28-16)13-19(14-24(26)30)17-7-11-21(31-4)12-8-17/h5-12,19,22,25,28H,1,13-14H2,2-4H3. The fourth-order valence-electron chi connectivity index (χ4n) is 4.65. The van der Waals surface area contributed by atoms with E-state index < -0.39 is 5.92 Å². The third-order valence-electron chi connectivity index (χ3n) is 6.33. The van der Waals surface area contributed by atoms with E-state index in [0.29, 0.717) is 12.1 Å². The molecule has 2 aliphatic rings. The second kappa shape index (κ2) is 8.31. The van der Waals surface area contributed by atoms with Crippen molar-refractivity contribution >= 4 is 11.5 Å². The molecule has 3 unspecified atom stereocenters. The van der Waals surface area contributed by atoms with Crippen LogP contribution in [0.25, 0.3) is 0 Å². The number of ether oxygens (including phenoxy) is 1. The molecule has 0 saturated carbocycles. The maximum atomic E-state index is 13.4. The minimum absolute atomic E-state index is 0.0906. The van der Waals surface area contributed by atoms with E-state index in [-0.39, 0.29) is 17.6 Å². The van der Waals surface area contributed by atoms with Crippen LogP contribution in [0.15, 0.2) is 72.1 Å². The van der Waals surface area contributed by atoms with Gasteiger partial charge in [0.15, 0.2) is 5.78 Å². The first kappa shape index (κ1) is 20.7. The third kappa shape index (κ3) is 3.82. The van der Waals surface area contributed by atoms with Gasteiger partial charge in [0, 0.05) is 49.1 Å². The summed E-state index contributed by atoms with van der Waals surface area (Å²) < 4.78 is 5.25. The van der Waals surface area contributed by atoms with Crippen LogP contribution in [0.1, 0.15) is 35.8 Å². The van der Waals surface area contributed by atoms with Crippen LogP contribution in [-0.4, -0.2) is 27.0 Å². The van der Waals surface area contributed by atoms with Gasteiger partial charge in [-0.3, -0.25) is 4.79 Å². The lowest BCUT2D eigenvalue weighted by Crippen LogP contribution is -2.38. The van der Waals surface area contributed by atoms with Gasteiger partial charge in [-0.1, -0.05) is 30.8 Å². The normalized spacial score (nSPS) is 23.0. The summed E-state index contributed by atoms with van der Waals surface area (Å²) in [6.45, 7) is 4.12. The summed E-state index contributed by atoms with van der Waals surface area (Å²) in [7, 11) is 5.62. The average molecular weight is 414 g/mol. The number of methoxy groups -OCH3 is 1. The number of nitrogens with zero attached hydrogens (tertiary/aromatic N) is 2. The molecule has 1 N–H and O–H groups in total. The summed E-state index contributed by atoms with van der Waals surface area (Å²) in [5.41, 5.74) is 5.46. The molecule has 1 aliphatic heterocycles. The number of benzene rings is 2. The van der Waals surface area contributed by atoms with Crippen LogP contribution in [0.4, 0.5) is 5.69 Å². The molecule has 0 spiro atoms. The van der Waals surface area contributed by atoms with Gasteiger partial charge in [-0.05, 0) is 47.7 Å². The highest BCUT2D eigenvalue weighted by atomic mass is 16.5. The predicted octanol–water partition coefficient (Wildman–Crippen LogP) is 4.50. The van der Waals surface area contributed by atoms with E-state index in [9.17, 15) is 10.1 Å². The summed E-state index contributed by atoms with van der Waals surface area (Å²) in [6, 6.07) is 18.4. The van der Waals surface area contributed by atoms with Crippen LogP contribution in [0.3, 0.4) is 0 Å². The van der Waals surface area contributed by atoms with Crippen molar-refractivity contribution in [3.8, 4) is 11.8 Å². The molecular formula is C26H27N3O2. The average Bonchev–Trinajstić information content (AvgIpc) is 2.78. The topological polar surface area (TPSA) is 65.4 Å². The van der Waals surface area contributed by atoms with Crippen LogP contribution in [0.2, 0.25) is 0 Å². The van der Waals surface area contributed by atoms with Crippen LogP contribution in [-0.2, 0) is 4.79 Å². The van der Waals surface area contributed by atoms with Gasteiger partial charge in [-0.25, -0.2) is 0 Å². The van der Waals surface area contributed by atoms with E-state index in [2.05, 4.69) is 18.0 Å². The van der Waals surface area contributed by atoms with Gasteiger partial charge in [-0.15, -0.1) is 0 Å². The second-order valence-electron chi connectivity index (χ2n) is 8.41. The Morgan fingerprint density at radius 1 is 1.06 bits per heavy atom. The molecular weight excluding hydrogens is 386 g/mol. The van der Waals surface area contributed by atoms with Gasteiger partial charge >= 0.3 is 0 Å². The maximum absolute atomic E-state index is 13.4. The zero-order valence-corrected chi connectivity index (χ0v) is 18.2. The number of carbonyl (C=O) groups excluding carboxylic acids is 1. The number of rotatable bonds is 4. The Kier molecular flexibility index (Phi) is 5.56. The number of nitrogens with one attached hydrogen (secondary N) is 1. The van der Waals surface area contributed by atoms with Gasteiger partial charge in [-0.2, -0.15) is 5.26 Å². The number of allylic oxidation sites excluding steroid dienone is 3. The highest BCUT2D eigenvalue weighted by molar-refractivity contribution is 5.99. The zero-order chi connectivity index (χ0) is 22.1. The molecule has 158 valence electrons. The molecule has 1 heterocycles.